The number of benzene rings is 1. The number of aliphatic imine (C=N–C) groups is 1. The molecule has 1 aliphatic rings. The average Bonchev–Trinajstić information content (AvgIpc) is 2.62. The lowest BCUT2D eigenvalue weighted by Crippen LogP contribution is -2.44. The molecule has 1 aliphatic heterocycles. The topological polar surface area (TPSA) is 48.9 Å². The van der Waals surface area contributed by atoms with Crippen molar-refractivity contribution in [1.82, 2.24) is 15.5 Å². The molecule has 0 bridgehead atoms. The van der Waals surface area contributed by atoms with Gasteiger partial charge in [0.1, 0.15) is 0 Å². The lowest BCUT2D eigenvalue weighted by Gasteiger charge is -2.29. The van der Waals surface area contributed by atoms with Crippen LogP contribution in [0.25, 0.3) is 0 Å². The van der Waals surface area contributed by atoms with Crippen LogP contribution in [0.4, 0.5) is 0 Å². The maximum atomic E-state index is 5.41. The molecule has 5 heteroatoms. The van der Waals surface area contributed by atoms with Crippen LogP contribution in [0.1, 0.15) is 30.9 Å². The van der Waals surface area contributed by atoms with Gasteiger partial charge in [-0.05, 0) is 24.3 Å². The van der Waals surface area contributed by atoms with Crippen molar-refractivity contribution in [2.45, 2.75) is 26.7 Å². The van der Waals surface area contributed by atoms with E-state index >= 15 is 0 Å². The van der Waals surface area contributed by atoms with Gasteiger partial charge in [0.05, 0.1) is 13.2 Å². The Bertz CT molecular complexity index is 540. The van der Waals surface area contributed by atoms with E-state index in [-0.39, 0.29) is 0 Å². The summed E-state index contributed by atoms with van der Waals surface area (Å²) in [5, 5.41) is 6.91. The molecule has 1 saturated heterocycles. The molecule has 0 saturated carbocycles. The second kappa shape index (κ2) is 10.4. The van der Waals surface area contributed by atoms with E-state index in [1.165, 1.54) is 11.1 Å². The molecule has 0 amide bonds. The van der Waals surface area contributed by atoms with Gasteiger partial charge in [-0.1, -0.05) is 43.7 Å². The second-order valence-corrected chi connectivity index (χ2v) is 7.17. The Balaban J connectivity index is 1.71. The van der Waals surface area contributed by atoms with E-state index < -0.39 is 0 Å². The van der Waals surface area contributed by atoms with Gasteiger partial charge in [0.2, 0.25) is 0 Å². The van der Waals surface area contributed by atoms with Crippen molar-refractivity contribution in [2.24, 2.45) is 10.9 Å². The molecule has 0 spiro atoms. The lowest BCUT2D eigenvalue weighted by atomic mass is 9.99. The van der Waals surface area contributed by atoms with E-state index in [0.717, 1.165) is 51.9 Å². The van der Waals surface area contributed by atoms with E-state index in [4.69, 9.17) is 4.74 Å². The number of hydrogen-bond donors (Lipinski definition) is 2. The van der Waals surface area contributed by atoms with Crippen molar-refractivity contribution >= 4 is 5.96 Å². The zero-order chi connectivity index (χ0) is 18.1. The first-order valence-electron chi connectivity index (χ1n) is 9.39. The average molecular weight is 347 g/mol. The van der Waals surface area contributed by atoms with Crippen LogP contribution in [0.5, 0.6) is 0 Å². The van der Waals surface area contributed by atoms with Crippen LogP contribution in [0, 0.1) is 12.8 Å². The molecule has 1 fully saturated rings. The van der Waals surface area contributed by atoms with Crippen LogP contribution in [0.15, 0.2) is 29.3 Å². The van der Waals surface area contributed by atoms with Gasteiger partial charge in [-0.15, -0.1) is 0 Å². The maximum Gasteiger partial charge on any atom is 0.191 e. The maximum absolute atomic E-state index is 5.41. The number of nitrogens with zero attached hydrogens (tertiary/aromatic N) is 2. The number of morpholine rings is 1. The highest BCUT2D eigenvalue weighted by atomic mass is 16.5. The predicted molar refractivity (Wildman–Crippen MR) is 105 cm³/mol. The van der Waals surface area contributed by atoms with Gasteiger partial charge in [0, 0.05) is 39.8 Å². The minimum absolute atomic E-state index is 0.448. The number of rotatable bonds is 7. The Morgan fingerprint density at radius 3 is 2.60 bits per heavy atom. The molecule has 140 valence electrons. The third-order valence-electron chi connectivity index (χ3n) is 4.70. The Labute approximate surface area is 152 Å². The fourth-order valence-corrected chi connectivity index (χ4v) is 3.12. The summed E-state index contributed by atoms with van der Waals surface area (Å²) in [6.45, 7) is 13.4. The van der Waals surface area contributed by atoms with Crippen LogP contribution in [-0.2, 0) is 4.74 Å². The molecule has 1 aromatic rings. The van der Waals surface area contributed by atoms with Crippen LogP contribution >= 0.6 is 0 Å². The summed E-state index contributed by atoms with van der Waals surface area (Å²) in [5.74, 6) is 1.91. The van der Waals surface area contributed by atoms with Crippen LogP contribution in [0.3, 0.4) is 0 Å². The molecule has 1 aromatic carbocycles. The Hall–Kier alpha value is -1.59. The molecule has 2 N–H and O–H groups in total. The van der Waals surface area contributed by atoms with E-state index in [9.17, 15) is 0 Å². The molecule has 0 radical (unpaired) electrons. The first-order chi connectivity index (χ1) is 12.1. The highest BCUT2D eigenvalue weighted by molar-refractivity contribution is 5.79. The van der Waals surface area contributed by atoms with E-state index in [2.05, 4.69) is 65.6 Å². The second-order valence-electron chi connectivity index (χ2n) is 7.17. The van der Waals surface area contributed by atoms with Gasteiger partial charge in [-0.2, -0.15) is 0 Å². The number of nitrogens with one attached hydrogen (secondary N) is 2. The van der Waals surface area contributed by atoms with Crippen molar-refractivity contribution in [3.05, 3.63) is 35.4 Å². The molecule has 2 atom stereocenters. The Morgan fingerprint density at radius 1 is 1.20 bits per heavy atom. The summed E-state index contributed by atoms with van der Waals surface area (Å²) in [5.41, 5.74) is 2.67. The highest BCUT2D eigenvalue weighted by Gasteiger charge is 2.14. The molecule has 0 aliphatic carbocycles. The van der Waals surface area contributed by atoms with Crippen molar-refractivity contribution in [2.75, 3.05) is 53.0 Å². The van der Waals surface area contributed by atoms with Crippen molar-refractivity contribution < 1.29 is 4.74 Å². The summed E-state index contributed by atoms with van der Waals surface area (Å²) >= 11 is 0. The molecule has 5 nitrogen and oxygen atoms in total. The van der Waals surface area contributed by atoms with Gasteiger partial charge in [-0.3, -0.25) is 9.89 Å². The fourth-order valence-electron chi connectivity index (χ4n) is 3.12. The van der Waals surface area contributed by atoms with Crippen molar-refractivity contribution in [3.8, 4) is 0 Å². The third kappa shape index (κ3) is 7.04. The number of aryl methyl sites for hydroxylation is 1. The summed E-state index contributed by atoms with van der Waals surface area (Å²) in [4.78, 5) is 6.83. The highest BCUT2D eigenvalue weighted by Crippen LogP contribution is 2.15. The third-order valence-corrected chi connectivity index (χ3v) is 4.70. The largest absolute Gasteiger partial charge is 0.379 e. The Kier molecular flexibility index (Phi) is 8.22. The van der Waals surface area contributed by atoms with Gasteiger partial charge in [-0.25, -0.2) is 0 Å². The summed E-state index contributed by atoms with van der Waals surface area (Å²) < 4.78 is 5.41. The first-order valence-corrected chi connectivity index (χ1v) is 9.39. The predicted octanol–water partition coefficient (Wildman–Crippen LogP) is 2.23. The summed E-state index contributed by atoms with van der Waals surface area (Å²) in [6.07, 6.45) is 0. The lowest BCUT2D eigenvalue weighted by molar-refractivity contribution is 0.0320. The minimum atomic E-state index is 0.448. The van der Waals surface area contributed by atoms with Gasteiger partial charge < -0.3 is 15.4 Å². The molecule has 25 heavy (non-hydrogen) atoms. The first kappa shape index (κ1) is 19.7. The fraction of sp³-hybridized carbons (Fsp3) is 0.650. The van der Waals surface area contributed by atoms with Crippen LogP contribution in [0.2, 0.25) is 0 Å². The molecule has 0 aromatic heterocycles. The molecular formula is C20H34N4O. The van der Waals surface area contributed by atoms with E-state index in [1.807, 2.05) is 7.05 Å². The minimum Gasteiger partial charge on any atom is -0.379 e. The molecule has 2 rings (SSSR count). The molecule has 1 heterocycles. The van der Waals surface area contributed by atoms with Crippen molar-refractivity contribution in [3.63, 3.8) is 0 Å². The summed E-state index contributed by atoms with van der Waals surface area (Å²) in [7, 11) is 1.83. The van der Waals surface area contributed by atoms with Crippen LogP contribution in [-0.4, -0.2) is 63.8 Å². The molecule has 2 unspecified atom stereocenters. The zero-order valence-electron chi connectivity index (χ0n) is 16.2. The standard InChI is InChI=1S/C20H34N4O/c1-16-6-5-7-19(12-16)18(3)14-23-20(21-4)22-13-17(2)15-24-8-10-25-11-9-24/h5-7,12,17-18H,8-11,13-15H2,1-4H3,(H2,21,22,23). The normalized spacial score (nSPS) is 18.6. The van der Waals surface area contributed by atoms with Gasteiger partial charge in [0.25, 0.3) is 0 Å². The SMILES string of the molecule is CN=C(NCC(C)CN1CCOCC1)NCC(C)c1cccc(C)c1. The van der Waals surface area contributed by atoms with E-state index in [1.54, 1.807) is 0 Å². The Morgan fingerprint density at radius 2 is 1.92 bits per heavy atom. The zero-order valence-corrected chi connectivity index (χ0v) is 16.2. The smallest absolute Gasteiger partial charge is 0.191 e. The van der Waals surface area contributed by atoms with Crippen molar-refractivity contribution in [1.29, 1.82) is 0 Å². The quantitative estimate of drug-likeness (QED) is 0.587. The van der Waals surface area contributed by atoms with Crippen LogP contribution < -0.4 is 10.6 Å². The van der Waals surface area contributed by atoms with Gasteiger partial charge in [0.15, 0.2) is 5.96 Å². The number of guanidine groups is 1. The molecular weight excluding hydrogens is 312 g/mol. The summed E-state index contributed by atoms with van der Waals surface area (Å²) in [6, 6.07) is 8.72. The monoisotopic (exact) mass is 346 g/mol. The van der Waals surface area contributed by atoms with E-state index in [0.29, 0.717) is 11.8 Å². The van der Waals surface area contributed by atoms with Gasteiger partial charge >= 0.3 is 0 Å². The number of ether oxygens (including phenoxy) is 1. The number of hydrogen-bond acceptors (Lipinski definition) is 3.